The molecule has 0 bridgehead atoms. The van der Waals surface area contributed by atoms with Crippen molar-refractivity contribution in [3.05, 3.63) is 0 Å². The van der Waals surface area contributed by atoms with Gasteiger partial charge in [0.15, 0.2) is 0 Å². The zero-order valence-corrected chi connectivity index (χ0v) is 7.62. The lowest BCUT2D eigenvalue weighted by Crippen LogP contribution is -2.08. The summed E-state index contributed by atoms with van der Waals surface area (Å²) in [5, 5.41) is 0. The van der Waals surface area contributed by atoms with Crippen LogP contribution in [0.4, 0.5) is 4.79 Å². The van der Waals surface area contributed by atoms with E-state index in [1.54, 1.807) is 14.0 Å². The zero-order valence-electron chi connectivity index (χ0n) is 7.62. The molecule has 12 heavy (non-hydrogen) atoms. The fraction of sp³-hybridized carbons (Fsp3) is 0.714. The number of amides is 1. The first kappa shape index (κ1) is 13.5. The van der Waals surface area contributed by atoms with Gasteiger partial charge in [-0.25, -0.2) is 4.79 Å². The van der Waals surface area contributed by atoms with Gasteiger partial charge in [-0.2, -0.15) is 0 Å². The average Bonchev–Trinajstić information content (AvgIpc) is 2.02. The van der Waals surface area contributed by atoms with Crippen molar-refractivity contribution in [2.24, 2.45) is 5.73 Å². The van der Waals surface area contributed by atoms with Gasteiger partial charge in [-0.1, -0.05) is 0 Å². The number of ketones is 1. The van der Waals surface area contributed by atoms with Crippen LogP contribution in [0.2, 0.25) is 0 Å². The van der Waals surface area contributed by atoms with Gasteiger partial charge in [-0.3, -0.25) is 4.79 Å². The maximum absolute atomic E-state index is 10.1. The van der Waals surface area contributed by atoms with E-state index in [-0.39, 0.29) is 5.78 Å². The predicted molar refractivity (Wildman–Crippen MR) is 43.8 cm³/mol. The largest absolute Gasteiger partial charge is 0.453 e. The fourth-order valence-electron chi connectivity index (χ4n) is 0.246. The molecule has 1 amide bonds. The van der Waals surface area contributed by atoms with Crippen molar-refractivity contribution in [3.63, 3.8) is 0 Å². The summed E-state index contributed by atoms with van der Waals surface area (Å²) in [6, 6.07) is 0. The Morgan fingerprint density at radius 1 is 1.33 bits per heavy atom. The Labute approximate surface area is 71.8 Å². The lowest BCUT2D eigenvalue weighted by atomic mass is 10.3. The van der Waals surface area contributed by atoms with E-state index in [4.69, 9.17) is 0 Å². The smallest absolute Gasteiger partial charge is 0.404 e. The third-order valence-electron chi connectivity index (χ3n) is 0.859. The van der Waals surface area contributed by atoms with Gasteiger partial charge in [0.05, 0.1) is 13.7 Å². The molecule has 0 aromatic rings. The minimum atomic E-state index is -0.745. The van der Waals surface area contributed by atoms with Gasteiger partial charge in [0, 0.05) is 13.5 Å². The molecule has 5 heteroatoms. The van der Waals surface area contributed by atoms with E-state index in [2.05, 4.69) is 15.2 Å². The lowest BCUT2D eigenvalue weighted by molar-refractivity contribution is -0.117. The highest BCUT2D eigenvalue weighted by molar-refractivity contribution is 5.75. The monoisotopic (exact) mass is 177 g/mol. The van der Waals surface area contributed by atoms with Gasteiger partial charge < -0.3 is 15.2 Å². The molecule has 0 radical (unpaired) electrons. The number of nitrogens with two attached hydrogens (primary N) is 1. The summed E-state index contributed by atoms with van der Waals surface area (Å²) in [6.07, 6.45) is -0.207. The molecule has 0 aliphatic rings. The Balaban J connectivity index is 0. The van der Waals surface area contributed by atoms with Crippen molar-refractivity contribution in [1.29, 1.82) is 0 Å². The summed E-state index contributed by atoms with van der Waals surface area (Å²) in [6.45, 7) is 2.11. The molecule has 5 nitrogen and oxygen atoms in total. The first-order chi connectivity index (χ1) is 5.54. The summed E-state index contributed by atoms with van der Waals surface area (Å²) < 4.78 is 8.52. The van der Waals surface area contributed by atoms with Crippen LogP contribution in [-0.2, 0) is 14.3 Å². The van der Waals surface area contributed by atoms with Crippen LogP contribution in [0.3, 0.4) is 0 Å². The number of methoxy groups -OCH3 is 2. The molecule has 0 aromatic carbocycles. The average molecular weight is 177 g/mol. The Kier molecular flexibility index (Phi) is 11.1. The summed E-state index contributed by atoms with van der Waals surface area (Å²) in [5.41, 5.74) is 4.43. The van der Waals surface area contributed by atoms with Crippen molar-refractivity contribution in [3.8, 4) is 0 Å². The van der Waals surface area contributed by atoms with Gasteiger partial charge in [-0.15, -0.1) is 0 Å². The molecule has 0 aliphatic carbocycles. The van der Waals surface area contributed by atoms with Gasteiger partial charge in [-0.05, 0) is 6.92 Å². The Morgan fingerprint density at radius 2 is 1.75 bits per heavy atom. The van der Waals surface area contributed by atoms with Gasteiger partial charge in [0.2, 0.25) is 0 Å². The molecular weight excluding hydrogens is 162 g/mol. The van der Waals surface area contributed by atoms with Crippen molar-refractivity contribution in [2.75, 3.05) is 20.8 Å². The van der Waals surface area contributed by atoms with Crippen molar-refractivity contribution in [2.45, 2.75) is 13.3 Å². The van der Waals surface area contributed by atoms with Crippen LogP contribution in [-0.4, -0.2) is 32.7 Å². The topological polar surface area (TPSA) is 78.6 Å². The summed E-state index contributed by atoms with van der Waals surface area (Å²) in [5.74, 6) is 0.182. The van der Waals surface area contributed by atoms with Crippen LogP contribution in [0.15, 0.2) is 0 Å². The maximum atomic E-state index is 10.1. The van der Waals surface area contributed by atoms with E-state index in [9.17, 15) is 9.59 Å². The van der Waals surface area contributed by atoms with Crippen LogP contribution in [0.1, 0.15) is 13.3 Å². The second-order valence-corrected chi connectivity index (χ2v) is 1.97. The molecule has 0 rings (SSSR count). The van der Waals surface area contributed by atoms with E-state index >= 15 is 0 Å². The van der Waals surface area contributed by atoms with Crippen LogP contribution in [0, 0.1) is 0 Å². The minimum absolute atomic E-state index is 0.182. The number of carbonyl (C=O) groups excluding carboxylic acids is 2. The number of rotatable bonds is 3. The summed E-state index contributed by atoms with van der Waals surface area (Å²) in [4.78, 5) is 19.5. The normalized spacial score (nSPS) is 7.92. The van der Waals surface area contributed by atoms with Crippen LogP contribution in [0.25, 0.3) is 0 Å². The maximum Gasteiger partial charge on any atom is 0.404 e. The number of primary amides is 1. The number of hydrogen-bond donors (Lipinski definition) is 1. The highest BCUT2D eigenvalue weighted by Gasteiger charge is 1.87. The van der Waals surface area contributed by atoms with Crippen molar-refractivity contribution >= 4 is 11.9 Å². The van der Waals surface area contributed by atoms with Crippen LogP contribution >= 0.6 is 0 Å². The standard InChI is InChI=1S/C5H10O2.C2H5NO2/c1-5(6)3-4-7-2;1-5-2(3)4/h3-4H2,1-2H3;1H3,(H2,3,4). The minimum Gasteiger partial charge on any atom is -0.453 e. The molecule has 0 saturated carbocycles. The SMILES string of the molecule is COC(N)=O.COCCC(C)=O. The molecule has 2 N–H and O–H groups in total. The first-order valence-corrected chi connectivity index (χ1v) is 3.36. The number of carbonyl (C=O) groups is 2. The summed E-state index contributed by atoms with van der Waals surface area (Å²) >= 11 is 0. The molecular formula is C7H15NO4. The molecule has 0 spiro atoms. The molecule has 0 aromatic heterocycles. The number of hydrogen-bond acceptors (Lipinski definition) is 4. The molecule has 0 atom stereocenters. The fourth-order valence-corrected chi connectivity index (χ4v) is 0.246. The third kappa shape index (κ3) is 23.1. The zero-order chi connectivity index (χ0) is 9.98. The molecule has 0 aliphatic heterocycles. The van der Waals surface area contributed by atoms with Gasteiger partial charge >= 0.3 is 6.09 Å². The number of ether oxygens (including phenoxy) is 2. The molecule has 0 fully saturated rings. The van der Waals surface area contributed by atoms with E-state index in [0.717, 1.165) is 0 Å². The van der Waals surface area contributed by atoms with E-state index in [1.165, 1.54) is 7.11 Å². The Morgan fingerprint density at radius 3 is 1.83 bits per heavy atom. The van der Waals surface area contributed by atoms with Crippen LogP contribution in [0.5, 0.6) is 0 Å². The second-order valence-electron chi connectivity index (χ2n) is 1.97. The van der Waals surface area contributed by atoms with Gasteiger partial charge in [0.25, 0.3) is 0 Å². The lowest BCUT2D eigenvalue weighted by Gasteiger charge is -1.89. The quantitative estimate of drug-likeness (QED) is 0.673. The van der Waals surface area contributed by atoms with E-state index < -0.39 is 6.09 Å². The summed E-state index contributed by atoms with van der Waals surface area (Å²) in [7, 11) is 2.81. The molecule has 0 unspecified atom stereocenters. The van der Waals surface area contributed by atoms with Gasteiger partial charge in [0.1, 0.15) is 5.78 Å². The predicted octanol–water partition coefficient (Wildman–Crippen LogP) is 0.323. The molecule has 0 saturated heterocycles. The van der Waals surface area contributed by atoms with E-state index in [0.29, 0.717) is 13.0 Å². The van der Waals surface area contributed by atoms with Crippen LogP contribution < -0.4 is 5.73 Å². The second kappa shape index (κ2) is 9.90. The molecule has 72 valence electrons. The Bertz CT molecular complexity index is 135. The van der Waals surface area contributed by atoms with E-state index in [1.807, 2.05) is 0 Å². The highest BCUT2D eigenvalue weighted by Crippen LogP contribution is 1.79. The third-order valence-corrected chi connectivity index (χ3v) is 0.859. The number of Topliss-reactive ketones (excluding diaryl/α,β-unsaturated/α-hetero) is 1. The first-order valence-electron chi connectivity index (χ1n) is 3.36. The molecule has 0 heterocycles. The van der Waals surface area contributed by atoms with Crippen molar-refractivity contribution < 1.29 is 19.1 Å². The highest BCUT2D eigenvalue weighted by atomic mass is 16.5. The van der Waals surface area contributed by atoms with Crippen molar-refractivity contribution in [1.82, 2.24) is 0 Å². The Hall–Kier alpha value is -1.10.